The van der Waals surface area contributed by atoms with Gasteiger partial charge in [0.2, 0.25) is 0 Å². The molecule has 1 heterocycles. The fourth-order valence-corrected chi connectivity index (χ4v) is 2.06. The zero-order valence-corrected chi connectivity index (χ0v) is 11.2. The van der Waals surface area contributed by atoms with Crippen LogP contribution in [0.2, 0.25) is 0 Å². The summed E-state index contributed by atoms with van der Waals surface area (Å²) < 4.78 is 9.87. The van der Waals surface area contributed by atoms with Crippen molar-refractivity contribution in [1.29, 1.82) is 0 Å². The second kappa shape index (κ2) is 7.24. The number of anilines is 1. The van der Waals surface area contributed by atoms with E-state index in [-0.39, 0.29) is 12.4 Å². The molecule has 96 valence electrons. The van der Waals surface area contributed by atoms with Gasteiger partial charge in [-0.15, -0.1) is 11.3 Å². The number of aromatic nitrogens is 1. The lowest BCUT2D eigenvalue weighted by Crippen LogP contribution is -2.21. The summed E-state index contributed by atoms with van der Waals surface area (Å²) in [4.78, 5) is 17.6. The first-order valence-corrected chi connectivity index (χ1v) is 6.35. The maximum atomic E-state index is 11.3. The number of hydrogen-bond acceptors (Lipinski definition) is 6. The minimum absolute atomic E-state index is 0.233. The molecule has 0 aliphatic rings. The van der Waals surface area contributed by atoms with Crippen molar-refractivity contribution in [3.05, 3.63) is 11.1 Å². The summed E-state index contributed by atoms with van der Waals surface area (Å²) in [5.74, 6) is -0.233. The number of thiazole rings is 1. The van der Waals surface area contributed by atoms with Crippen molar-refractivity contribution < 1.29 is 14.3 Å². The molecule has 0 atom stereocenters. The molecule has 0 saturated carbocycles. The van der Waals surface area contributed by atoms with Gasteiger partial charge < -0.3 is 14.4 Å². The van der Waals surface area contributed by atoms with Crippen LogP contribution in [-0.2, 0) is 20.7 Å². The van der Waals surface area contributed by atoms with Crippen LogP contribution in [0.5, 0.6) is 0 Å². The van der Waals surface area contributed by atoms with Gasteiger partial charge in [-0.1, -0.05) is 0 Å². The fourth-order valence-electron chi connectivity index (χ4n) is 1.24. The Bertz CT molecular complexity index is 354. The molecular weight excluding hydrogens is 240 g/mol. The van der Waals surface area contributed by atoms with Crippen molar-refractivity contribution in [3.8, 4) is 0 Å². The van der Waals surface area contributed by atoms with Crippen molar-refractivity contribution in [2.24, 2.45) is 0 Å². The minimum atomic E-state index is -0.233. The quantitative estimate of drug-likeness (QED) is 0.691. The maximum Gasteiger partial charge on any atom is 0.311 e. The van der Waals surface area contributed by atoms with Gasteiger partial charge in [0, 0.05) is 26.1 Å². The van der Waals surface area contributed by atoms with Crippen molar-refractivity contribution >= 4 is 22.4 Å². The first-order chi connectivity index (χ1) is 8.17. The second-order valence-electron chi connectivity index (χ2n) is 3.52. The third-order valence-electron chi connectivity index (χ3n) is 2.13. The molecule has 1 rings (SSSR count). The van der Waals surface area contributed by atoms with E-state index in [0.717, 1.165) is 17.4 Å². The number of methoxy groups -OCH3 is 1. The molecule has 5 nitrogen and oxygen atoms in total. The number of likely N-dealkylation sites (N-methyl/N-ethyl adjacent to an activating group) is 1. The molecule has 0 radical (unpaired) electrons. The van der Waals surface area contributed by atoms with Crippen molar-refractivity contribution in [1.82, 2.24) is 4.98 Å². The number of rotatable bonds is 7. The molecule has 0 bridgehead atoms. The average Bonchev–Trinajstić information content (AvgIpc) is 2.74. The molecule has 17 heavy (non-hydrogen) atoms. The zero-order valence-electron chi connectivity index (χ0n) is 10.4. The predicted molar refractivity (Wildman–Crippen MR) is 67.6 cm³/mol. The Hall–Kier alpha value is -1.14. The lowest BCUT2D eigenvalue weighted by Gasteiger charge is -2.14. The maximum absolute atomic E-state index is 11.3. The molecule has 0 unspecified atom stereocenters. The standard InChI is InChI=1S/C11H18N2O3S/c1-4-16-10(14)7-9-8-17-11(12-9)13(2)5-6-15-3/h8H,4-7H2,1-3H3. The summed E-state index contributed by atoms with van der Waals surface area (Å²) in [5, 5.41) is 2.77. The fraction of sp³-hybridized carbons (Fsp3) is 0.636. The summed E-state index contributed by atoms with van der Waals surface area (Å²) in [6, 6.07) is 0. The molecule has 0 fully saturated rings. The van der Waals surface area contributed by atoms with E-state index in [2.05, 4.69) is 4.98 Å². The first kappa shape index (κ1) is 13.9. The lowest BCUT2D eigenvalue weighted by atomic mass is 10.3. The topological polar surface area (TPSA) is 51.7 Å². The summed E-state index contributed by atoms with van der Waals surface area (Å²) in [5.41, 5.74) is 0.757. The molecule has 0 amide bonds. The Morgan fingerprint density at radius 3 is 3.00 bits per heavy atom. The van der Waals surface area contributed by atoms with E-state index in [9.17, 15) is 4.79 Å². The highest BCUT2D eigenvalue weighted by Gasteiger charge is 2.10. The third-order valence-corrected chi connectivity index (χ3v) is 3.13. The largest absolute Gasteiger partial charge is 0.466 e. The molecule has 0 spiro atoms. The smallest absolute Gasteiger partial charge is 0.311 e. The van der Waals surface area contributed by atoms with Crippen molar-refractivity contribution in [3.63, 3.8) is 0 Å². The van der Waals surface area contributed by atoms with Gasteiger partial charge in [-0.25, -0.2) is 4.98 Å². The van der Waals surface area contributed by atoms with Crippen LogP contribution in [0.15, 0.2) is 5.38 Å². The molecular formula is C11H18N2O3S. The van der Waals surface area contributed by atoms with E-state index in [4.69, 9.17) is 9.47 Å². The van der Waals surface area contributed by atoms with E-state index in [1.807, 2.05) is 17.3 Å². The van der Waals surface area contributed by atoms with E-state index >= 15 is 0 Å². The lowest BCUT2D eigenvalue weighted by molar-refractivity contribution is -0.142. The zero-order chi connectivity index (χ0) is 12.7. The Morgan fingerprint density at radius 1 is 1.59 bits per heavy atom. The van der Waals surface area contributed by atoms with E-state index in [1.54, 1.807) is 14.0 Å². The van der Waals surface area contributed by atoms with Crippen LogP contribution in [0.1, 0.15) is 12.6 Å². The highest BCUT2D eigenvalue weighted by atomic mass is 32.1. The molecule has 1 aromatic rings. The van der Waals surface area contributed by atoms with Gasteiger partial charge in [0.25, 0.3) is 0 Å². The van der Waals surface area contributed by atoms with Gasteiger partial charge in [0.05, 0.1) is 25.3 Å². The van der Waals surface area contributed by atoms with Crippen molar-refractivity contribution in [2.45, 2.75) is 13.3 Å². The molecule has 0 aliphatic carbocycles. The van der Waals surface area contributed by atoms with Crippen LogP contribution in [0, 0.1) is 0 Å². The first-order valence-electron chi connectivity index (χ1n) is 5.47. The van der Waals surface area contributed by atoms with Crippen LogP contribution < -0.4 is 4.90 Å². The van der Waals surface area contributed by atoms with E-state index in [1.165, 1.54) is 11.3 Å². The summed E-state index contributed by atoms with van der Waals surface area (Å²) in [6.45, 7) is 3.64. The normalized spacial score (nSPS) is 10.3. The average molecular weight is 258 g/mol. The molecule has 0 saturated heterocycles. The Labute approximate surface area is 105 Å². The summed E-state index contributed by atoms with van der Waals surface area (Å²) in [6.07, 6.45) is 0.239. The molecule has 0 aliphatic heterocycles. The van der Waals surface area contributed by atoms with Gasteiger partial charge in [-0.05, 0) is 6.92 Å². The van der Waals surface area contributed by atoms with Crippen LogP contribution in [0.3, 0.4) is 0 Å². The van der Waals surface area contributed by atoms with Gasteiger partial charge in [-0.2, -0.15) is 0 Å². The van der Waals surface area contributed by atoms with Crippen molar-refractivity contribution in [2.75, 3.05) is 38.8 Å². The van der Waals surface area contributed by atoms with Gasteiger partial charge >= 0.3 is 5.97 Å². The van der Waals surface area contributed by atoms with Gasteiger partial charge in [0.15, 0.2) is 5.13 Å². The molecule has 6 heteroatoms. The number of nitrogens with zero attached hydrogens (tertiary/aromatic N) is 2. The number of carbonyl (C=O) groups is 1. The van der Waals surface area contributed by atoms with E-state index in [0.29, 0.717) is 13.2 Å². The highest BCUT2D eigenvalue weighted by molar-refractivity contribution is 7.13. The molecule has 0 N–H and O–H groups in total. The molecule has 1 aromatic heterocycles. The number of hydrogen-bond donors (Lipinski definition) is 0. The predicted octanol–water partition coefficient (Wildman–Crippen LogP) is 1.33. The van der Waals surface area contributed by atoms with Gasteiger partial charge in [-0.3, -0.25) is 4.79 Å². The monoisotopic (exact) mass is 258 g/mol. The highest BCUT2D eigenvalue weighted by Crippen LogP contribution is 2.19. The van der Waals surface area contributed by atoms with Gasteiger partial charge in [0.1, 0.15) is 0 Å². The summed E-state index contributed by atoms with van der Waals surface area (Å²) >= 11 is 1.52. The Morgan fingerprint density at radius 2 is 2.35 bits per heavy atom. The SMILES string of the molecule is CCOC(=O)Cc1csc(N(C)CCOC)n1. The van der Waals surface area contributed by atoms with Crippen LogP contribution >= 0.6 is 11.3 Å². The van der Waals surface area contributed by atoms with Crippen LogP contribution in [-0.4, -0.2) is 44.9 Å². The summed E-state index contributed by atoms with van der Waals surface area (Å²) in [7, 11) is 3.62. The second-order valence-corrected chi connectivity index (χ2v) is 4.35. The Kier molecular flexibility index (Phi) is 5.93. The molecule has 0 aromatic carbocycles. The minimum Gasteiger partial charge on any atom is -0.466 e. The number of esters is 1. The van der Waals surface area contributed by atoms with Crippen LogP contribution in [0.25, 0.3) is 0 Å². The number of carbonyl (C=O) groups excluding carboxylic acids is 1. The third kappa shape index (κ3) is 4.70. The Balaban J connectivity index is 2.49. The number of ether oxygens (including phenoxy) is 2. The van der Waals surface area contributed by atoms with Crippen LogP contribution in [0.4, 0.5) is 5.13 Å². The van der Waals surface area contributed by atoms with E-state index < -0.39 is 0 Å².